The molecule has 0 radical (unpaired) electrons. The van der Waals surface area contributed by atoms with Crippen LogP contribution >= 0.6 is 0 Å². The van der Waals surface area contributed by atoms with E-state index >= 15 is 0 Å². The van der Waals surface area contributed by atoms with Gasteiger partial charge in [-0.3, -0.25) is 9.89 Å². The summed E-state index contributed by atoms with van der Waals surface area (Å²) < 4.78 is 5.12. The van der Waals surface area contributed by atoms with Crippen molar-refractivity contribution in [3.8, 4) is 11.5 Å². The normalized spacial score (nSPS) is 10.4. The monoisotopic (exact) mass is 270 g/mol. The number of hydrogen-bond donors (Lipinski definition) is 2. The predicted molar refractivity (Wildman–Crippen MR) is 68.8 cm³/mol. The summed E-state index contributed by atoms with van der Waals surface area (Å²) in [5.74, 6) is 0.239. The highest BCUT2D eigenvalue weighted by atomic mass is 16.4. The molecule has 0 unspecified atom stereocenters. The van der Waals surface area contributed by atoms with E-state index in [4.69, 9.17) is 4.42 Å². The third kappa shape index (κ3) is 2.26. The number of benzene rings is 1. The van der Waals surface area contributed by atoms with Crippen LogP contribution < -0.4 is 5.32 Å². The second-order valence-corrected chi connectivity index (χ2v) is 4.06. The van der Waals surface area contributed by atoms with Crippen LogP contribution in [-0.4, -0.2) is 31.3 Å². The molecule has 100 valence electrons. The lowest BCUT2D eigenvalue weighted by Crippen LogP contribution is -2.14. The molecule has 2 aromatic heterocycles. The van der Waals surface area contributed by atoms with Gasteiger partial charge in [-0.1, -0.05) is 0 Å². The molecule has 0 aliphatic heterocycles. The average Bonchev–Trinajstić information content (AvgIpc) is 3.14. The fraction of sp³-hybridized carbons (Fsp3) is 0.0833. The number of rotatable bonds is 3. The summed E-state index contributed by atoms with van der Waals surface area (Å²) >= 11 is 0. The van der Waals surface area contributed by atoms with Gasteiger partial charge in [0.1, 0.15) is 6.33 Å². The Bertz CT molecular complexity index is 721. The van der Waals surface area contributed by atoms with Gasteiger partial charge in [-0.05, 0) is 30.7 Å². The Morgan fingerprint density at radius 1 is 1.40 bits per heavy atom. The average molecular weight is 270 g/mol. The van der Waals surface area contributed by atoms with E-state index in [2.05, 4.69) is 30.7 Å². The quantitative estimate of drug-likeness (QED) is 0.744. The van der Waals surface area contributed by atoms with Gasteiger partial charge in [0.25, 0.3) is 5.91 Å². The van der Waals surface area contributed by atoms with Crippen molar-refractivity contribution in [2.75, 3.05) is 5.32 Å². The zero-order valence-corrected chi connectivity index (χ0v) is 10.5. The standard InChI is InChI=1S/C12H10N6O2/c1-7-4-8(12-18-15-6-20-12)2-3-9(7)16-11(19)10-13-5-14-17-10/h2-6H,1H3,(H,16,19)(H,13,14,17). The maximum Gasteiger partial charge on any atom is 0.292 e. The van der Waals surface area contributed by atoms with E-state index in [1.807, 2.05) is 13.0 Å². The number of nitrogens with zero attached hydrogens (tertiary/aromatic N) is 4. The first kappa shape index (κ1) is 12.0. The van der Waals surface area contributed by atoms with E-state index in [1.165, 1.54) is 12.7 Å². The number of aryl methyl sites for hydroxylation is 1. The molecule has 0 saturated heterocycles. The molecule has 0 spiro atoms. The summed E-state index contributed by atoms with van der Waals surface area (Å²) in [5.41, 5.74) is 2.33. The zero-order chi connectivity index (χ0) is 13.9. The molecule has 1 amide bonds. The van der Waals surface area contributed by atoms with Crippen LogP contribution in [0, 0.1) is 6.92 Å². The van der Waals surface area contributed by atoms with Crippen molar-refractivity contribution < 1.29 is 9.21 Å². The van der Waals surface area contributed by atoms with Crippen LogP contribution in [0.4, 0.5) is 5.69 Å². The predicted octanol–water partition coefficient (Wildman–Crippen LogP) is 1.42. The highest BCUT2D eigenvalue weighted by molar-refractivity contribution is 6.01. The highest BCUT2D eigenvalue weighted by Crippen LogP contribution is 2.23. The molecule has 3 aromatic rings. The van der Waals surface area contributed by atoms with Crippen molar-refractivity contribution in [1.82, 2.24) is 25.4 Å². The summed E-state index contributed by atoms with van der Waals surface area (Å²) in [5, 5.41) is 16.3. The number of aromatic amines is 1. The third-order valence-corrected chi connectivity index (χ3v) is 2.71. The Kier molecular flexibility index (Phi) is 2.96. The molecule has 0 aliphatic carbocycles. The molecule has 8 heteroatoms. The summed E-state index contributed by atoms with van der Waals surface area (Å²) in [7, 11) is 0. The first-order valence-corrected chi connectivity index (χ1v) is 5.78. The van der Waals surface area contributed by atoms with E-state index in [-0.39, 0.29) is 11.7 Å². The van der Waals surface area contributed by atoms with Gasteiger partial charge in [0, 0.05) is 11.3 Å². The topological polar surface area (TPSA) is 110 Å². The van der Waals surface area contributed by atoms with E-state index < -0.39 is 0 Å². The molecule has 0 atom stereocenters. The minimum atomic E-state index is -0.351. The second-order valence-electron chi connectivity index (χ2n) is 4.06. The number of hydrogen-bond acceptors (Lipinski definition) is 6. The van der Waals surface area contributed by atoms with Gasteiger partial charge in [0.05, 0.1) is 0 Å². The zero-order valence-electron chi connectivity index (χ0n) is 10.5. The van der Waals surface area contributed by atoms with Crippen LogP contribution in [0.1, 0.15) is 16.2 Å². The van der Waals surface area contributed by atoms with E-state index in [0.29, 0.717) is 11.6 Å². The van der Waals surface area contributed by atoms with E-state index in [0.717, 1.165) is 11.1 Å². The van der Waals surface area contributed by atoms with Crippen molar-refractivity contribution in [2.24, 2.45) is 0 Å². The number of aromatic nitrogens is 5. The van der Waals surface area contributed by atoms with Crippen LogP contribution in [0.3, 0.4) is 0 Å². The fourth-order valence-corrected chi connectivity index (χ4v) is 1.73. The van der Waals surface area contributed by atoms with E-state index in [9.17, 15) is 4.79 Å². The largest absolute Gasteiger partial charge is 0.423 e. The minimum absolute atomic E-state index is 0.158. The van der Waals surface area contributed by atoms with Crippen LogP contribution in [0.25, 0.3) is 11.5 Å². The summed E-state index contributed by atoms with van der Waals surface area (Å²) in [6, 6.07) is 5.41. The molecule has 2 heterocycles. The van der Waals surface area contributed by atoms with Crippen LogP contribution in [0.15, 0.2) is 35.3 Å². The lowest BCUT2D eigenvalue weighted by atomic mass is 10.1. The molecule has 2 N–H and O–H groups in total. The molecule has 3 rings (SSSR count). The second kappa shape index (κ2) is 4.92. The Hall–Kier alpha value is -3.03. The van der Waals surface area contributed by atoms with Crippen molar-refractivity contribution >= 4 is 11.6 Å². The van der Waals surface area contributed by atoms with Gasteiger partial charge >= 0.3 is 0 Å². The molecule has 8 nitrogen and oxygen atoms in total. The van der Waals surface area contributed by atoms with Gasteiger partial charge in [-0.25, -0.2) is 4.98 Å². The third-order valence-electron chi connectivity index (χ3n) is 2.71. The smallest absolute Gasteiger partial charge is 0.292 e. The summed E-state index contributed by atoms with van der Waals surface area (Å²) in [6.07, 6.45) is 2.55. The lowest BCUT2D eigenvalue weighted by Gasteiger charge is -2.07. The fourth-order valence-electron chi connectivity index (χ4n) is 1.73. The first-order valence-electron chi connectivity index (χ1n) is 5.78. The lowest BCUT2D eigenvalue weighted by molar-refractivity contribution is 0.101. The van der Waals surface area contributed by atoms with Crippen LogP contribution in [-0.2, 0) is 0 Å². The molecule has 0 fully saturated rings. The number of carbonyl (C=O) groups is 1. The van der Waals surface area contributed by atoms with Crippen molar-refractivity contribution in [1.29, 1.82) is 0 Å². The summed E-state index contributed by atoms with van der Waals surface area (Å²) in [4.78, 5) is 15.6. The highest BCUT2D eigenvalue weighted by Gasteiger charge is 2.11. The molecule has 1 aromatic carbocycles. The Balaban J connectivity index is 1.83. The number of nitrogens with one attached hydrogen (secondary N) is 2. The molecular weight excluding hydrogens is 260 g/mol. The number of anilines is 1. The van der Waals surface area contributed by atoms with Crippen LogP contribution in [0.2, 0.25) is 0 Å². The maximum atomic E-state index is 11.9. The SMILES string of the molecule is Cc1cc(-c2nnco2)ccc1NC(=O)c1ncn[nH]1. The first-order chi connectivity index (χ1) is 9.74. The van der Waals surface area contributed by atoms with Gasteiger partial charge in [-0.15, -0.1) is 10.2 Å². The Morgan fingerprint density at radius 3 is 2.95 bits per heavy atom. The van der Waals surface area contributed by atoms with Gasteiger partial charge < -0.3 is 9.73 Å². The molecule has 0 bridgehead atoms. The minimum Gasteiger partial charge on any atom is -0.423 e. The summed E-state index contributed by atoms with van der Waals surface area (Å²) in [6.45, 7) is 1.87. The van der Waals surface area contributed by atoms with Crippen molar-refractivity contribution in [2.45, 2.75) is 6.92 Å². The van der Waals surface area contributed by atoms with Gasteiger partial charge in [-0.2, -0.15) is 5.10 Å². The Morgan fingerprint density at radius 2 is 2.30 bits per heavy atom. The number of amides is 1. The Labute approximate surface area is 113 Å². The van der Waals surface area contributed by atoms with Crippen molar-refractivity contribution in [3.63, 3.8) is 0 Å². The van der Waals surface area contributed by atoms with Gasteiger partial charge in [0.2, 0.25) is 18.1 Å². The number of carbonyl (C=O) groups excluding carboxylic acids is 1. The molecular formula is C12H10N6O2. The van der Waals surface area contributed by atoms with Crippen LogP contribution in [0.5, 0.6) is 0 Å². The molecule has 0 saturated carbocycles. The molecule has 20 heavy (non-hydrogen) atoms. The molecule has 0 aliphatic rings. The number of H-pyrrole nitrogens is 1. The maximum absolute atomic E-state index is 11.9. The van der Waals surface area contributed by atoms with Gasteiger partial charge in [0.15, 0.2) is 0 Å². The van der Waals surface area contributed by atoms with Crippen molar-refractivity contribution in [3.05, 3.63) is 42.3 Å². The van der Waals surface area contributed by atoms with E-state index in [1.54, 1.807) is 12.1 Å².